The second-order valence-electron chi connectivity index (χ2n) is 4.98. The lowest BCUT2D eigenvalue weighted by atomic mass is 9.98. The van der Waals surface area contributed by atoms with Crippen molar-refractivity contribution in [3.8, 4) is 0 Å². The lowest BCUT2D eigenvalue weighted by Crippen LogP contribution is -2.40. The van der Waals surface area contributed by atoms with Gasteiger partial charge in [-0.1, -0.05) is 6.92 Å². The van der Waals surface area contributed by atoms with Crippen molar-refractivity contribution in [2.24, 2.45) is 5.92 Å². The molecule has 1 unspecified atom stereocenters. The fourth-order valence-electron chi connectivity index (χ4n) is 2.36. The predicted octanol–water partition coefficient (Wildman–Crippen LogP) is 1.09. The van der Waals surface area contributed by atoms with E-state index in [0.717, 1.165) is 25.9 Å². The standard InChI is InChI=1S/C13H25NO4S/c1-3-18-13(15)12-7-5-8-14(11-12)9-6-10-19(16,17)4-2/h12H,3-11H2,1-2H3. The minimum Gasteiger partial charge on any atom is -0.466 e. The van der Waals surface area contributed by atoms with E-state index in [4.69, 9.17) is 4.74 Å². The normalized spacial score (nSPS) is 21.3. The number of ether oxygens (including phenoxy) is 1. The summed E-state index contributed by atoms with van der Waals surface area (Å²) in [6.45, 7) is 6.30. The summed E-state index contributed by atoms with van der Waals surface area (Å²) in [4.78, 5) is 13.9. The Morgan fingerprint density at radius 2 is 2.11 bits per heavy atom. The second kappa shape index (κ2) is 7.85. The Morgan fingerprint density at radius 3 is 2.74 bits per heavy atom. The smallest absolute Gasteiger partial charge is 0.310 e. The van der Waals surface area contributed by atoms with Gasteiger partial charge in [-0.15, -0.1) is 0 Å². The number of sulfone groups is 1. The average molecular weight is 291 g/mol. The van der Waals surface area contributed by atoms with E-state index < -0.39 is 9.84 Å². The number of carbonyl (C=O) groups excluding carboxylic acids is 1. The molecule has 6 heteroatoms. The molecule has 5 nitrogen and oxygen atoms in total. The Morgan fingerprint density at radius 1 is 1.37 bits per heavy atom. The first-order valence-electron chi connectivity index (χ1n) is 7.08. The number of piperidine rings is 1. The van der Waals surface area contributed by atoms with Crippen LogP contribution >= 0.6 is 0 Å². The average Bonchev–Trinajstić information content (AvgIpc) is 2.39. The van der Waals surface area contributed by atoms with Gasteiger partial charge in [0.2, 0.25) is 0 Å². The fraction of sp³-hybridized carbons (Fsp3) is 0.923. The lowest BCUT2D eigenvalue weighted by Gasteiger charge is -2.31. The molecule has 0 saturated carbocycles. The monoisotopic (exact) mass is 291 g/mol. The van der Waals surface area contributed by atoms with Gasteiger partial charge in [-0.05, 0) is 39.3 Å². The minimum atomic E-state index is -2.88. The van der Waals surface area contributed by atoms with Gasteiger partial charge in [-0.2, -0.15) is 0 Å². The fourth-order valence-corrected chi connectivity index (χ4v) is 3.22. The van der Waals surface area contributed by atoms with E-state index in [1.165, 1.54) is 0 Å². The van der Waals surface area contributed by atoms with Crippen molar-refractivity contribution >= 4 is 15.8 Å². The Bertz CT molecular complexity index is 380. The molecule has 19 heavy (non-hydrogen) atoms. The van der Waals surface area contributed by atoms with Gasteiger partial charge in [0, 0.05) is 12.3 Å². The first-order valence-corrected chi connectivity index (χ1v) is 8.90. The van der Waals surface area contributed by atoms with Gasteiger partial charge in [0.05, 0.1) is 18.3 Å². The molecule has 1 aliphatic heterocycles. The zero-order valence-corrected chi connectivity index (χ0v) is 12.7. The van der Waals surface area contributed by atoms with E-state index in [2.05, 4.69) is 4.90 Å². The molecule has 0 aromatic heterocycles. The van der Waals surface area contributed by atoms with Crippen molar-refractivity contribution in [3.05, 3.63) is 0 Å². The number of rotatable bonds is 7. The van der Waals surface area contributed by atoms with Gasteiger partial charge in [0.25, 0.3) is 0 Å². The molecule has 0 aromatic rings. The Balaban J connectivity index is 2.33. The summed E-state index contributed by atoms with van der Waals surface area (Å²) in [5.74, 6) is 0.285. The number of esters is 1. The van der Waals surface area contributed by atoms with E-state index in [1.54, 1.807) is 6.92 Å². The molecule has 1 saturated heterocycles. The van der Waals surface area contributed by atoms with Crippen LogP contribution < -0.4 is 0 Å². The first kappa shape index (κ1) is 16.4. The number of hydrogen-bond acceptors (Lipinski definition) is 5. The van der Waals surface area contributed by atoms with Crippen molar-refractivity contribution in [2.75, 3.05) is 37.7 Å². The topological polar surface area (TPSA) is 63.7 Å². The third-order valence-electron chi connectivity index (χ3n) is 3.49. The predicted molar refractivity (Wildman–Crippen MR) is 74.7 cm³/mol. The molecule has 0 aromatic carbocycles. The Hall–Kier alpha value is -0.620. The number of hydrogen-bond donors (Lipinski definition) is 0. The summed E-state index contributed by atoms with van der Waals surface area (Å²) in [5.41, 5.74) is 0. The van der Waals surface area contributed by atoms with Crippen LogP contribution in [-0.2, 0) is 19.4 Å². The van der Waals surface area contributed by atoms with Crippen molar-refractivity contribution in [1.82, 2.24) is 4.90 Å². The highest BCUT2D eigenvalue weighted by molar-refractivity contribution is 7.91. The van der Waals surface area contributed by atoms with Crippen LogP contribution in [0.25, 0.3) is 0 Å². The summed E-state index contributed by atoms with van der Waals surface area (Å²) in [6, 6.07) is 0. The van der Waals surface area contributed by atoms with Crippen LogP contribution in [0, 0.1) is 5.92 Å². The van der Waals surface area contributed by atoms with Crippen LogP contribution in [0.1, 0.15) is 33.1 Å². The summed E-state index contributed by atoms with van der Waals surface area (Å²) in [5, 5.41) is 0. The number of carbonyl (C=O) groups is 1. The molecule has 0 N–H and O–H groups in total. The molecule has 1 fully saturated rings. The number of nitrogens with zero attached hydrogens (tertiary/aromatic N) is 1. The van der Waals surface area contributed by atoms with Crippen LogP contribution in [0.5, 0.6) is 0 Å². The zero-order valence-electron chi connectivity index (χ0n) is 11.9. The molecule has 0 bridgehead atoms. The molecule has 0 radical (unpaired) electrons. The van der Waals surface area contributed by atoms with Crippen LogP contribution in [0.3, 0.4) is 0 Å². The van der Waals surface area contributed by atoms with Crippen molar-refractivity contribution in [3.63, 3.8) is 0 Å². The Kier molecular flexibility index (Phi) is 6.79. The summed E-state index contributed by atoms with van der Waals surface area (Å²) in [6.07, 6.45) is 2.50. The molecule has 0 amide bonds. The van der Waals surface area contributed by atoms with Crippen LogP contribution in [0.15, 0.2) is 0 Å². The quantitative estimate of drug-likeness (QED) is 0.657. The highest BCUT2D eigenvalue weighted by Gasteiger charge is 2.26. The van der Waals surface area contributed by atoms with E-state index in [1.807, 2.05) is 6.92 Å². The summed E-state index contributed by atoms with van der Waals surface area (Å²) in [7, 11) is -2.88. The summed E-state index contributed by atoms with van der Waals surface area (Å²) < 4.78 is 27.9. The molecule has 112 valence electrons. The van der Waals surface area contributed by atoms with Crippen molar-refractivity contribution in [2.45, 2.75) is 33.1 Å². The van der Waals surface area contributed by atoms with Gasteiger partial charge in [-0.25, -0.2) is 8.42 Å². The highest BCUT2D eigenvalue weighted by atomic mass is 32.2. The minimum absolute atomic E-state index is 0.0449. The molecule has 1 atom stereocenters. The van der Waals surface area contributed by atoms with Gasteiger partial charge >= 0.3 is 5.97 Å². The van der Waals surface area contributed by atoms with Crippen LogP contribution in [-0.4, -0.2) is 57.0 Å². The summed E-state index contributed by atoms with van der Waals surface area (Å²) >= 11 is 0. The van der Waals surface area contributed by atoms with E-state index in [9.17, 15) is 13.2 Å². The third kappa shape index (κ3) is 5.91. The van der Waals surface area contributed by atoms with E-state index >= 15 is 0 Å². The van der Waals surface area contributed by atoms with E-state index in [0.29, 0.717) is 19.6 Å². The highest BCUT2D eigenvalue weighted by Crippen LogP contribution is 2.18. The molecule has 1 heterocycles. The maximum absolute atomic E-state index is 11.7. The lowest BCUT2D eigenvalue weighted by molar-refractivity contribution is -0.149. The van der Waals surface area contributed by atoms with E-state index in [-0.39, 0.29) is 23.4 Å². The molecule has 0 aliphatic carbocycles. The Labute approximate surface area is 116 Å². The van der Waals surface area contributed by atoms with Crippen LogP contribution in [0.2, 0.25) is 0 Å². The maximum atomic E-state index is 11.7. The molecular weight excluding hydrogens is 266 g/mol. The first-order chi connectivity index (χ1) is 8.98. The zero-order chi connectivity index (χ0) is 14.3. The SMILES string of the molecule is CCOC(=O)C1CCCN(CCCS(=O)(=O)CC)C1. The molecular formula is C13H25NO4S. The van der Waals surface area contributed by atoms with Crippen molar-refractivity contribution < 1.29 is 17.9 Å². The van der Waals surface area contributed by atoms with Gasteiger partial charge in [-0.3, -0.25) is 4.79 Å². The second-order valence-corrected chi connectivity index (χ2v) is 7.45. The van der Waals surface area contributed by atoms with Gasteiger partial charge in [0.1, 0.15) is 9.84 Å². The number of likely N-dealkylation sites (tertiary alicyclic amines) is 1. The molecule has 1 aliphatic rings. The van der Waals surface area contributed by atoms with Crippen molar-refractivity contribution in [1.29, 1.82) is 0 Å². The maximum Gasteiger partial charge on any atom is 0.310 e. The molecule has 0 spiro atoms. The molecule has 1 rings (SSSR count). The van der Waals surface area contributed by atoms with Gasteiger partial charge in [0.15, 0.2) is 0 Å². The third-order valence-corrected chi connectivity index (χ3v) is 5.29. The van der Waals surface area contributed by atoms with Gasteiger partial charge < -0.3 is 9.64 Å². The van der Waals surface area contributed by atoms with Crippen LogP contribution in [0.4, 0.5) is 0 Å². The largest absolute Gasteiger partial charge is 0.466 e.